The lowest BCUT2D eigenvalue weighted by molar-refractivity contribution is 0.628. The van der Waals surface area contributed by atoms with Gasteiger partial charge in [0.25, 0.3) is 5.78 Å². The van der Waals surface area contributed by atoms with Crippen molar-refractivity contribution >= 4 is 17.9 Å². The number of nitrogens with zero attached hydrogens (tertiary/aromatic N) is 6. The monoisotopic (exact) mass is 266 g/mol. The van der Waals surface area contributed by atoms with Gasteiger partial charge in [0.2, 0.25) is 0 Å². The number of rotatable bonds is 2. The van der Waals surface area contributed by atoms with Gasteiger partial charge in [-0.2, -0.15) is 19.9 Å². The number of hydrogen-bond donors (Lipinski definition) is 0. The molecule has 3 aromatic rings. The highest BCUT2D eigenvalue weighted by molar-refractivity contribution is 5.70. The summed E-state index contributed by atoms with van der Waals surface area (Å²) in [4.78, 5) is 3.91. The lowest BCUT2D eigenvalue weighted by atomic mass is 10.2. The molecule has 6 nitrogen and oxygen atoms in total. The minimum absolute atomic E-state index is 0.140. The molecule has 20 heavy (non-hydrogen) atoms. The van der Waals surface area contributed by atoms with E-state index in [-0.39, 0.29) is 11.5 Å². The van der Waals surface area contributed by atoms with Crippen molar-refractivity contribution in [2.24, 2.45) is 0 Å². The van der Waals surface area contributed by atoms with Gasteiger partial charge in [-0.3, -0.25) is 0 Å². The Hall–Kier alpha value is -3.14. The molecule has 0 spiro atoms. The third kappa shape index (κ3) is 2.10. The molecule has 7 heteroatoms. The lowest BCUT2D eigenvalue weighted by Crippen LogP contribution is -2.03. The van der Waals surface area contributed by atoms with Crippen LogP contribution in [0.5, 0.6) is 0 Å². The van der Waals surface area contributed by atoms with E-state index in [2.05, 4.69) is 20.3 Å². The minimum atomic E-state index is -0.302. The molecule has 0 atom stereocenters. The van der Waals surface area contributed by atoms with Crippen LogP contribution in [0.3, 0.4) is 0 Å². The van der Waals surface area contributed by atoms with Crippen LogP contribution in [-0.4, -0.2) is 24.8 Å². The molecule has 0 N–H and O–H groups in total. The maximum absolute atomic E-state index is 12.8. The van der Waals surface area contributed by atoms with Crippen LogP contribution in [0.1, 0.15) is 17.0 Å². The van der Waals surface area contributed by atoms with Crippen molar-refractivity contribution < 1.29 is 4.39 Å². The minimum Gasteiger partial charge on any atom is -0.207 e. The van der Waals surface area contributed by atoms with Crippen molar-refractivity contribution in [3.63, 3.8) is 0 Å². The Morgan fingerprint density at radius 1 is 1.15 bits per heavy atom. The molecule has 0 saturated carbocycles. The molecule has 2 aromatic heterocycles. The first kappa shape index (κ1) is 11.9. The van der Waals surface area contributed by atoms with Crippen LogP contribution in [0.15, 0.2) is 30.6 Å². The molecule has 0 bridgehead atoms. The number of hydrogen-bond acceptors (Lipinski definition) is 5. The Morgan fingerprint density at radius 3 is 2.70 bits per heavy atom. The van der Waals surface area contributed by atoms with Crippen LogP contribution >= 0.6 is 0 Å². The topological polar surface area (TPSA) is 79.8 Å². The Bertz CT molecular complexity index is 828. The van der Waals surface area contributed by atoms with E-state index in [9.17, 15) is 4.39 Å². The number of fused-ring (bicyclic) bond motifs is 1. The highest BCUT2D eigenvalue weighted by Gasteiger charge is 2.08. The van der Waals surface area contributed by atoms with Gasteiger partial charge in [0, 0.05) is 0 Å². The summed E-state index contributed by atoms with van der Waals surface area (Å²) in [6.07, 6.45) is 4.74. The summed E-state index contributed by atoms with van der Waals surface area (Å²) in [5.74, 6) is 0.00636. The van der Waals surface area contributed by atoms with Crippen LogP contribution in [0.25, 0.3) is 17.9 Å². The maximum atomic E-state index is 12.8. The number of benzene rings is 1. The van der Waals surface area contributed by atoms with Crippen LogP contribution in [-0.2, 0) is 0 Å². The molecule has 2 heterocycles. The zero-order valence-corrected chi connectivity index (χ0v) is 10.1. The summed E-state index contributed by atoms with van der Waals surface area (Å²) in [5, 5.41) is 20.6. The number of aromatic nitrogens is 5. The molecule has 0 unspecified atom stereocenters. The zero-order valence-electron chi connectivity index (χ0n) is 10.1. The molecule has 0 saturated heterocycles. The molecule has 0 amide bonds. The summed E-state index contributed by atoms with van der Waals surface area (Å²) < 4.78 is 14.2. The number of halogens is 1. The van der Waals surface area contributed by atoms with E-state index in [4.69, 9.17) is 5.26 Å². The maximum Gasteiger partial charge on any atom is 0.272 e. The third-order valence-corrected chi connectivity index (χ3v) is 2.65. The van der Waals surface area contributed by atoms with Crippen LogP contribution in [0.2, 0.25) is 0 Å². The van der Waals surface area contributed by atoms with Crippen molar-refractivity contribution in [3.05, 3.63) is 53.4 Å². The van der Waals surface area contributed by atoms with Gasteiger partial charge in [-0.15, -0.1) is 10.2 Å². The van der Waals surface area contributed by atoms with Gasteiger partial charge in [0.1, 0.15) is 23.9 Å². The van der Waals surface area contributed by atoms with E-state index in [0.29, 0.717) is 11.5 Å². The molecule has 1 aromatic carbocycles. The highest BCUT2D eigenvalue weighted by atomic mass is 19.1. The largest absolute Gasteiger partial charge is 0.272 e. The number of nitriles is 1. The first-order chi connectivity index (χ1) is 9.78. The van der Waals surface area contributed by atoms with E-state index in [1.165, 1.54) is 23.0 Å². The van der Waals surface area contributed by atoms with Crippen molar-refractivity contribution in [3.8, 4) is 6.07 Å². The molecule has 0 aliphatic rings. The molecule has 0 radical (unpaired) electrons. The molecule has 0 aliphatic heterocycles. The molecular formula is C13H7FN6. The predicted octanol–water partition coefficient (Wildman–Crippen LogP) is 1.70. The van der Waals surface area contributed by atoms with Gasteiger partial charge >= 0.3 is 0 Å². The summed E-state index contributed by atoms with van der Waals surface area (Å²) in [5.41, 5.74) is 1.40. The van der Waals surface area contributed by atoms with Crippen LogP contribution in [0.4, 0.5) is 4.39 Å². The average molecular weight is 266 g/mol. The Balaban J connectivity index is 2.07. The fourth-order valence-electron chi connectivity index (χ4n) is 1.70. The fraction of sp³-hybridized carbons (Fsp3) is 0. The molecule has 0 aliphatic carbocycles. The standard InChI is InChI=1S/C13H7FN6/c14-10-4-1-9(2-5-10)3-6-12-11(7-15)18-19-13-16-8-17-20(12)13/h1-6,8H/b6-3+. The van der Waals surface area contributed by atoms with E-state index < -0.39 is 0 Å². The first-order valence-corrected chi connectivity index (χ1v) is 5.68. The van der Waals surface area contributed by atoms with Gasteiger partial charge in [-0.25, -0.2) is 4.39 Å². The lowest BCUT2D eigenvalue weighted by Gasteiger charge is -1.99. The van der Waals surface area contributed by atoms with Gasteiger partial charge in [-0.05, 0) is 23.8 Å². The summed E-state index contributed by atoms with van der Waals surface area (Å²) in [7, 11) is 0. The Morgan fingerprint density at radius 2 is 1.95 bits per heavy atom. The van der Waals surface area contributed by atoms with E-state index >= 15 is 0 Å². The van der Waals surface area contributed by atoms with Gasteiger partial charge in [0.15, 0.2) is 5.69 Å². The second-order valence-corrected chi connectivity index (χ2v) is 3.90. The SMILES string of the molecule is N#Cc1nnc2ncnn2c1/C=C/c1ccc(F)cc1. The quantitative estimate of drug-likeness (QED) is 0.705. The predicted molar refractivity (Wildman–Crippen MR) is 68.6 cm³/mol. The van der Waals surface area contributed by atoms with Gasteiger partial charge < -0.3 is 0 Å². The van der Waals surface area contributed by atoms with Gasteiger partial charge in [-0.1, -0.05) is 18.2 Å². The van der Waals surface area contributed by atoms with Crippen molar-refractivity contribution in [2.45, 2.75) is 0 Å². The van der Waals surface area contributed by atoms with Crippen molar-refractivity contribution in [1.29, 1.82) is 5.26 Å². The van der Waals surface area contributed by atoms with E-state index in [0.717, 1.165) is 5.56 Å². The normalized spacial score (nSPS) is 11.0. The third-order valence-electron chi connectivity index (χ3n) is 2.65. The molecule has 0 fully saturated rings. The second-order valence-electron chi connectivity index (χ2n) is 3.90. The molecular weight excluding hydrogens is 259 g/mol. The second kappa shape index (κ2) is 4.85. The molecule has 96 valence electrons. The average Bonchev–Trinajstić information content (AvgIpc) is 2.95. The Kier molecular flexibility index (Phi) is 2.89. The van der Waals surface area contributed by atoms with Crippen LogP contribution < -0.4 is 0 Å². The Labute approximate surface area is 112 Å². The first-order valence-electron chi connectivity index (χ1n) is 5.68. The highest BCUT2D eigenvalue weighted by Crippen LogP contribution is 2.11. The zero-order chi connectivity index (χ0) is 13.9. The summed E-state index contributed by atoms with van der Waals surface area (Å²) in [6.45, 7) is 0. The van der Waals surface area contributed by atoms with E-state index in [1.54, 1.807) is 24.3 Å². The summed E-state index contributed by atoms with van der Waals surface area (Å²) in [6, 6.07) is 7.93. The summed E-state index contributed by atoms with van der Waals surface area (Å²) >= 11 is 0. The van der Waals surface area contributed by atoms with E-state index in [1.807, 2.05) is 6.07 Å². The van der Waals surface area contributed by atoms with Gasteiger partial charge in [0.05, 0.1) is 0 Å². The fourth-order valence-corrected chi connectivity index (χ4v) is 1.70. The van der Waals surface area contributed by atoms with Crippen molar-refractivity contribution in [2.75, 3.05) is 0 Å². The van der Waals surface area contributed by atoms with Crippen LogP contribution in [0, 0.1) is 17.1 Å². The molecule has 3 rings (SSSR count). The smallest absolute Gasteiger partial charge is 0.207 e. The van der Waals surface area contributed by atoms with Crippen molar-refractivity contribution in [1.82, 2.24) is 24.8 Å².